The molecule has 1 heterocycles. The van der Waals surface area contributed by atoms with Crippen LogP contribution in [-0.2, 0) is 13.5 Å². The van der Waals surface area contributed by atoms with Crippen molar-refractivity contribution in [2.75, 3.05) is 6.61 Å². The van der Waals surface area contributed by atoms with Gasteiger partial charge in [-0.25, -0.2) is 0 Å². The number of carbonyl (C=O) groups is 1. The van der Waals surface area contributed by atoms with Gasteiger partial charge in [-0.1, -0.05) is 30.3 Å². The van der Waals surface area contributed by atoms with E-state index in [9.17, 15) is 9.59 Å². The minimum atomic E-state index is -0.343. The second kappa shape index (κ2) is 8.74. The SMILES string of the molecule is CCOc1ccc2c(c1)c(=O)c(C(=O)N[C@H](C)CCc1ccccc1)cn2C. The molecule has 0 aliphatic rings. The highest BCUT2D eigenvalue weighted by molar-refractivity contribution is 5.97. The normalized spacial score (nSPS) is 12.0. The number of hydrogen-bond donors (Lipinski definition) is 1. The molecule has 0 saturated heterocycles. The van der Waals surface area contributed by atoms with E-state index in [2.05, 4.69) is 17.4 Å². The highest BCUT2D eigenvalue weighted by Crippen LogP contribution is 2.19. The first-order valence-corrected chi connectivity index (χ1v) is 9.60. The summed E-state index contributed by atoms with van der Waals surface area (Å²) in [5.41, 5.74) is 1.87. The van der Waals surface area contributed by atoms with Crippen molar-refractivity contribution < 1.29 is 9.53 Å². The first-order valence-electron chi connectivity index (χ1n) is 9.60. The van der Waals surface area contributed by atoms with Crippen LogP contribution < -0.4 is 15.5 Å². The Hall–Kier alpha value is -3.08. The predicted molar refractivity (Wildman–Crippen MR) is 112 cm³/mol. The molecule has 0 spiro atoms. The van der Waals surface area contributed by atoms with Gasteiger partial charge < -0.3 is 14.6 Å². The van der Waals surface area contributed by atoms with E-state index < -0.39 is 0 Å². The van der Waals surface area contributed by atoms with Crippen molar-refractivity contribution in [3.05, 3.63) is 76.1 Å². The van der Waals surface area contributed by atoms with E-state index in [0.717, 1.165) is 18.4 Å². The third-order valence-electron chi connectivity index (χ3n) is 4.80. The molecule has 0 fully saturated rings. The van der Waals surface area contributed by atoms with Crippen molar-refractivity contribution >= 4 is 16.8 Å². The minimum Gasteiger partial charge on any atom is -0.494 e. The highest BCUT2D eigenvalue weighted by atomic mass is 16.5. The number of aryl methyl sites for hydroxylation is 2. The van der Waals surface area contributed by atoms with E-state index in [-0.39, 0.29) is 22.9 Å². The number of hydrogen-bond acceptors (Lipinski definition) is 3. The fourth-order valence-electron chi connectivity index (χ4n) is 3.29. The highest BCUT2D eigenvalue weighted by Gasteiger charge is 2.17. The molecule has 1 amide bonds. The molecule has 2 aromatic carbocycles. The van der Waals surface area contributed by atoms with E-state index in [1.807, 2.05) is 51.2 Å². The van der Waals surface area contributed by atoms with E-state index in [4.69, 9.17) is 4.74 Å². The van der Waals surface area contributed by atoms with E-state index in [0.29, 0.717) is 17.7 Å². The number of aromatic nitrogens is 1. The summed E-state index contributed by atoms with van der Waals surface area (Å²) >= 11 is 0. The van der Waals surface area contributed by atoms with Gasteiger partial charge in [-0.2, -0.15) is 0 Å². The van der Waals surface area contributed by atoms with E-state index in [1.54, 1.807) is 16.8 Å². The lowest BCUT2D eigenvalue weighted by molar-refractivity contribution is 0.0937. The molecule has 146 valence electrons. The van der Waals surface area contributed by atoms with Gasteiger partial charge in [0.1, 0.15) is 11.3 Å². The Morgan fingerprint density at radius 2 is 1.93 bits per heavy atom. The Morgan fingerprint density at radius 3 is 2.64 bits per heavy atom. The lowest BCUT2D eigenvalue weighted by Gasteiger charge is -2.15. The predicted octanol–water partition coefficient (Wildman–Crippen LogP) is 3.69. The van der Waals surface area contributed by atoms with Crippen LogP contribution >= 0.6 is 0 Å². The molecule has 1 atom stereocenters. The molecule has 3 aromatic rings. The summed E-state index contributed by atoms with van der Waals surface area (Å²) in [6, 6.07) is 15.5. The van der Waals surface area contributed by atoms with Crippen LogP contribution in [0.15, 0.2) is 59.5 Å². The number of nitrogens with zero attached hydrogens (tertiary/aromatic N) is 1. The monoisotopic (exact) mass is 378 g/mol. The van der Waals surface area contributed by atoms with Gasteiger partial charge in [-0.3, -0.25) is 9.59 Å². The lowest BCUT2D eigenvalue weighted by atomic mass is 10.1. The maximum Gasteiger partial charge on any atom is 0.256 e. The number of fused-ring (bicyclic) bond motifs is 1. The Balaban J connectivity index is 1.78. The summed E-state index contributed by atoms with van der Waals surface area (Å²) in [5, 5.41) is 3.44. The van der Waals surface area contributed by atoms with Crippen LogP contribution in [0.25, 0.3) is 10.9 Å². The molecule has 5 nitrogen and oxygen atoms in total. The van der Waals surface area contributed by atoms with Crippen molar-refractivity contribution in [1.29, 1.82) is 0 Å². The number of ether oxygens (including phenoxy) is 1. The molecule has 0 radical (unpaired) electrons. The summed E-state index contributed by atoms with van der Waals surface area (Å²) in [6.07, 6.45) is 3.28. The molecular formula is C23H26N2O3. The molecule has 0 aliphatic heterocycles. The Kier molecular flexibility index (Phi) is 6.14. The topological polar surface area (TPSA) is 60.3 Å². The molecule has 1 aromatic heterocycles. The molecule has 3 rings (SSSR count). The Morgan fingerprint density at radius 1 is 1.18 bits per heavy atom. The fraction of sp³-hybridized carbons (Fsp3) is 0.304. The third kappa shape index (κ3) is 4.42. The number of amides is 1. The quantitative estimate of drug-likeness (QED) is 0.682. The summed E-state index contributed by atoms with van der Waals surface area (Å²) in [4.78, 5) is 25.6. The van der Waals surface area contributed by atoms with Crippen molar-refractivity contribution in [3.63, 3.8) is 0 Å². The lowest BCUT2D eigenvalue weighted by Crippen LogP contribution is -2.36. The van der Waals surface area contributed by atoms with Crippen molar-refractivity contribution in [2.45, 2.75) is 32.7 Å². The average Bonchev–Trinajstić information content (AvgIpc) is 2.70. The fourth-order valence-corrected chi connectivity index (χ4v) is 3.29. The molecule has 0 bridgehead atoms. The van der Waals surface area contributed by atoms with Gasteiger partial charge in [0.25, 0.3) is 5.91 Å². The summed E-state index contributed by atoms with van der Waals surface area (Å²) < 4.78 is 7.30. The van der Waals surface area contributed by atoms with Crippen molar-refractivity contribution in [1.82, 2.24) is 9.88 Å². The zero-order chi connectivity index (χ0) is 20.1. The van der Waals surface area contributed by atoms with Gasteiger partial charge in [0, 0.05) is 19.3 Å². The maximum absolute atomic E-state index is 12.9. The van der Waals surface area contributed by atoms with Gasteiger partial charge in [0.2, 0.25) is 5.43 Å². The van der Waals surface area contributed by atoms with Crippen LogP contribution in [0.5, 0.6) is 5.75 Å². The second-order valence-corrected chi connectivity index (χ2v) is 6.99. The van der Waals surface area contributed by atoms with Crippen LogP contribution in [0.1, 0.15) is 36.2 Å². The summed E-state index contributed by atoms with van der Waals surface area (Å²) in [7, 11) is 1.83. The van der Waals surface area contributed by atoms with Crippen LogP contribution in [0, 0.1) is 0 Å². The van der Waals surface area contributed by atoms with Gasteiger partial charge in [0.05, 0.1) is 17.5 Å². The smallest absolute Gasteiger partial charge is 0.256 e. The first kappa shape index (κ1) is 19.7. The summed E-state index contributed by atoms with van der Waals surface area (Å²) in [6.45, 7) is 4.37. The minimum absolute atomic E-state index is 0.0390. The molecular weight excluding hydrogens is 352 g/mol. The zero-order valence-corrected chi connectivity index (χ0v) is 16.6. The van der Waals surface area contributed by atoms with Gasteiger partial charge in [-0.05, 0) is 50.5 Å². The molecule has 0 aliphatic carbocycles. The van der Waals surface area contributed by atoms with Gasteiger partial charge >= 0.3 is 0 Å². The molecule has 5 heteroatoms. The van der Waals surface area contributed by atoms with Crippen molar-refractivity contribution in [2.24, 2.45) is 7.05 Å². The molecule has 28 heavy (non-hydrogen) atoms. The van der Waals surface area contributed by atoms with Crippen LogP contribution in [0.3, 0.4) is 0 Å². The van der Waals surface area contributed by atoms with E-state index in [1.165, 1.54) is 5.56 Å². The first-order chi connectivity index (χ1) is 13.5. The largest absolute Gasteiger partial charge is 0.494 e. The average molecular weight is 378 g/mol. The third-order valence-corrected chi connectivity index (χ3v) is 4.80. The molecule has 0 saturated carbocycles. The Bertz CT molecular complexity index is 1030. The van der Waals surface area contributed by atoms with Crippen LogP contribution in [0.4, 0.5) is 0 Å². The van der Waals surface area contributed by atoms with Gasteiger partial charge in [0.15, 0.2) is 0 Å². The number of benzene rings is 2. The molecule has 0 unspecified atom stereocenters. The standard InChI is InChI=1S/C23H26N2O3/c1-4-28-18-12-13-21-19(14-18)22(26)20(15-25(21)3)23(27)24-16(2)10-11-17-8-6-5-7-9-17/h5-9,12-16H,4,10-11H2,1-3H3,(H,24,27)/t16-/m1/s1. The number of pyridine rings is 1. The van der Waals surface area contributed by atoms with E-state index >= 15 is 0 Å². The maximum atomic E-state index is 12.9. The number of carbonyl (C=O) groups excluding carboxylic acids is 1. The van der Waals surface area contributed by atoms with Gasteiger partial charge in [-0.15, -0.1) is 0 Å². The van der Waals surface area contributed by atoms with Crippen LogP contribution in [-0.4, -0.2) is 23.1 Å². The second-order valence-electron chi connectivity index (χ2n) is 6.99. The zero-order valence-electron chi connectivity index (χ0n) is 16.6. The number of rotatable bonds is 7. The Labute approximate surface area is 165 Å². The molecule has 1 N–H and O–H groups in total. The number of nitrogens with one attached hydrogen (secondary N) is 1. The summed E-state index contributed by atoms with van der Waals surface area (Å²) in [5.74, 6) is 0.283. The van der Waals surface area contributed by atoms with Crippen LogP contribution in [0.2, 0.25) is 0 Å². The van der Waals surface area contributed by atoms with Crippen molar-refractivity contribution in [3.8, 4) is 5.75 Å².